The molecule has 0 N–H and O–H groups in total. The fourth-order valence-corrected chi connectivity index (χ4v) is 8.33. The van der Waals surface area contributed by atoms with Crippen LogP contribution in [0.5, 0.6) is 0 Å². The number of hydrogen-bond donors (Lipinski definition) is 0. The molecule has 0 amide bonds. The fourth-order valence-electron chi connectivity index (χ4n) is 2.97. The van der Waals surface area contributed by atoms with Crippen molar-refractivity contribution in [2.45, 2.75) is 51.9 Å². The number of rotatable bonds is 2. The van der Waals surface area contributed by atoms with E-state index in [4.69, 9.17) is 0 Å². The molecular weight excluding hydrogens is 344 g/mol. The summed E-state index contributed by atoms with van der Waals surface area (Å²) in [5, 5.41) is 2.07. The summed E-state index contributed by atoms with van der Waals surface area (Å²) in [4.78, 5) is 2.15. The van der Waals surface area contributed by atoms with E-state index in [0.29, 0.717) is 0 Å². The van der Waals surface area contributed by atoms with Gasteiger partial charge in [-0.15, -0.1) is 0 Å². The van der Waals surface area contributed by atoms with Gasteiger partial charge in [0.1, 0.15) is 0 Å². The third-order valence-corrected chi connectivity index (χ3v) is 17.1. The Morgan fingerprint density at radius 1 is 0.842 bits per heavy atom. The summed E-state index contributed by atoms with van der Waals surface area (Å²) in [6.45, 7) is 14.2. The molecule has 0 saturated carbocycles. The van der Waals surface area contributed by atoms with Gasteiger partial charge in [0.15, 0.2) is 0 Å². The van der Waals surface area contributed by atoms with Crippen molar-refractivity contribution < 1.29 is 18.7 Å². The molecule has 0 aliphatic heterocycles. The van der Waals surface area contributed by atoms with Gasteiger partial charge in [0.2, 0.25) is 0 Å². The summed E-state index contributed by atoms with van der Waals surface area (Å²) in [6, 6.07) is 9.12. The van der Waals surface area contributed by atoms with E-state index < -0.39 is 5.45 Å². The third kappa shape index (κ3) is 3.24. The van der Waals surface area contributed by atoms with Crippen LogP contribution in [0.4, 0.5) is 5.69 Å². The molecule has 0 atom stereocenters. The third-order valence-electron chi connectivity index (χ3n) is 3.74. The zero-order valence-corrected chi connectivity index (χ0v) is 16.1. The Hall–Kier alpha value is 0.112. The number of anilines is 1. The van der Waals surface area contributed by atoms with E-state index in [9.17, 15) is 0 Å². The molecule has 0 aliphatic rings. The van der Waals surface area contributed by atoms with Crippen LogP contribution in [0, 0.1) is 0 Å². The zero-order valence-electron chi connectivity index (χ0n) is 13.6. The maximum absolute atomic E-state index is 3.89. The van der Waals surface area contributed by atoms with Gasteiger partial charge in [0.25, 0.3) is 0 Å². The molecule has 0 fully saturated rings. The van der Waals surface area contributed by atoms with Crippen molar-refractivity contribution >= 4 is 16.4 Å². The van der Waals surface area contributed by atoms with Crippen molar-refractivity contribution in [2.75, 3.05) is 19.0 Å². The first-order chi connectivity index (χ1) is 8.41. The van der Waals surface area contributed by atoms with Crippen LogP contribution in [0.2, 0.25) is 0 Å². The van der Waals surface area contributed by atoms with Gasteiger partial charge in [-0.1, -0.05) is 0 Å². The van der Waals surface area contributed by atoms with E-state index in [1.165, 1.54) is 11.0 Å². The first kappa shape index (κ1) is 17.2. The molecule has 1 nitrogen and oxygen atoms in total. The topological polar surface area (TPSA) is 3.24 Å². The Morgan fingerprint density at radius 3 is 1.47 bits per heavy atom. The summed E-state index contributed by atoms with van der Waals surface area (Å²) in [5.41, 5.74) is -0.491. The minimum atomic E-state index is -1.75. The summed E-state index contributed by atoms with van der Waals surface area (Å²) < 4.78 is 0. The molecule has 113 valence electrons. The van der Waals surface area contributed by atoms with Gasteiger partial charge < -0.3 is 0 Å². The van der Waals surface area contributed by atoms with E-state index >= 15 is 0 Å². The first-order valence-electron chi connectivity index (χ1n) is 6.85. The van der Waals surface area contributed by atoms with Crippen molar-refractivity contribution in [1.82, 2.24) is 0 Å². The van der Waals surface area contributed by atoms with Gasteiger partial charge in [-0.2, -0.15) is 0 Å². The molecule has 0 bridgehead atoms. The summed E-state index contributed by atoms with van der Waals surface area (Å²) in [6.07, 6.45) is 0. The molecule has 0 aliphatic carbocycles. The Balaban J connectivity index is 3.36. The van der Waals surface area contributed by atoms with E-state index in [0.717, 1.165) is 0 Å². The molecule has 1 rings (SSSR count). The van der Waals surface area contributed by atoms with E-state index in [1.807, 2.05) is 0 Å². The molecule has 3 heteroatoms. The molecule has 1 aromatic rings. The molecular formula is C16H29NPPd. The van der Waals surface area contributed by atoms with Crippen LogP contribution in [0.3, 0.4) is 0 Å². The van der Waals surface area contributed by atoms with Gasteiger partial charge in [-0.25, -0.2) is 0 Å². The van der Waals surface area contributed by atoms with Crippen LogP contribution < -0.4 is 10.2 Å². The molecule has 1 aromatic carbocycles. The van der Waals surface area contributed by atoms with Crippen LogP contribution in [0.1, 0.15) is 41.5 Å². The van der Waals surface area contributed by atoms with Crippen molar-refractivity contribution in [2.24, 2.45) is 0 Å². The van der Waals surface area contributed by atoms with Crippen LogP contribution in [-0.4, -0.2) is 24.4 Å². The summed E-state index contributed by atoms with van der Waals surface area (Å²) in [7, 11) is 4.17. The van der Waals surface area contributed by atoms with Crippen LogP contribution >= 0.6 is 5.45 Å². The Morgan fingerprint density at radius 2 is 1.21 bits per heavy atom. The fraction of sp³-hybridized carbons (Fsp3) is 0.625. The normalized spacial score (nSPS) is 14.4. The SMILES string of the molecule is CN(C)c1ccc([PH]([Pd])(C(C)(C)C)C(C)(C)C)cc1. The molecule has 0 aromatic heterocycles. The van der Waals surface area contributed by atoms with Gasteiger partial charge in [-0.3, -0.25) is 0 Å². The zero-order chi connectivity index (χ0) is 15.1. The summed E-state index contributed by atoms with van der Waals surface area (Å²) in [5.74, 6) is 0. The second-order valence-corrected chi connectivity index (χ2v) is 15.9. The van der Waals surface area contributed by atoms with Crippen LogP contribution in [0.25, 0.3) is 0 Å². The maximum atomic E-state index is 3.89. The standard InChI is InChI=1S/C16H28NP.Pd/c1-15(2,3)18(16(4,5)6)14-11-9-13(10-12-14)17(7)8;/h9-12H,1-8H3;/q;-1/p+1. The van der Waals surface area contributed by atoms with Crippen LogP contribution in [0.15, 0.2) is 24.3 Å². The van der Waals surface area contributed by atoms with Gasteiger partial charge in [-0.05, 0) is 0 Å². The minimum absolute atomic E-state index is 0.285. The van der Waals surface area contributed by atoms with Gasteiger partial charge in [0.05, 0.1) is 0 Å². The van der Waals surface area contributed by atoms with Crippen molar-refractivity contribution in [1.29, 1.82) is 0 Å². The van der Waals surface area contributed by atoms with E-state index in [-0.39, 0.29) is 10.3 Å². The second kappa shape index (κ2) is 5.48. The van der Waals surface area contributed by atoms with Crippen molar-refractivity contribution in [3.05, 3.63) is 24.3 Å². The predicted octanol–water partition coefficient (Wildman–Crippen LogP) is 4.19. The first-order valence-corrected chi connectivity index (χ1v) is 11.0. The van der Waals surface area contributed by atoms with Crippen molar-refractivity contribution in [3.8, 4) is 0 Å². The molecule has 0 radical (unpaired) electrons. The predicted molar refractivity (Wildman–Crippen MR) is 88.2 cm³/mol. The van der Waals surface area contributed by atoms with Crippen molar-refractivity contribution in [3.63, 3.8) is 0 Å². The molecule has 0 heterocycles. The Labute approximate surface area is 130 Å². The Kier molecular flexibility index (Phi) is 4.95. The average Bonchev–Trinajstić information content (AvgIpc) is 2.25. The Bertz CT molecular complexity index is 410. The molecule has 19 heavy (non-hydrogen) atoms. The van der Waals surface area contributed by atoms with Gasteiger partial charge in [0, 0.05) is 0 Å². The van der Waals surface area contributed by atoms with Gasteiger partial charge >= 0.3 is 130 Å². The number of nitrogens with zero attached hydrogens (tertiary/aromatic N) is 1. The second-order valence-electron chi connectivity index (χ2n) is 7.55. The molecule has 0 saturated heterocycles. The quantitative estimate of drug-likeness (QED) is 0.556. The van der Waals surface area contributed by atoms with E-state index in [2.05, 4.69) is 104 Å². The monoisotopic (exact) mass is 372 g/mol. The molecule has 0 spiro atoms. The summed E-state index contributed by atoms with van der Waals surface area (Å²) >= 11 is 3.89. The number of hydrogen-bond acceptors (Lipinski definition) is 1. The average molecular weight is 373 g/mol. The van der Waals surface area contributed by atoms with E-state index in [1.54, 1.807) is 0 Å². The molecule has 0 unspecified atom stereocenters. The van der Waals surface area contributed by atoms with Crippen LogP contribution in [-0.2, 0) is 18.7 Å². The number of benzene rings is 1.